The fraction of sp³-hybridized carbons (Fsp3) is 0.160. The lowest BCUT2D eigenvalue weighted by molar-refractivity contribution is -0.128. The summed E-state index contributed by atoms with van der Waals surface area (Å²) in [4.78, 5) is 27.9. The van der Waals surface area contributed by atoms with Crippen molar-refractivity contribution in [3.8, 4) is 0 Å². The summed E-state index contributed by atoms with van der Waals surface area (Å²) in [6.45, 7) is 0.576. The maximum Gasteiger partial charge on any atom is 0.271 e. The summed E-state index contributed by atoms with van der Waals surface area (Å²) in [5, 5.41) is 4.00. The van der Waals surface area contributed by atoms with E-state index in [0.29, 0.717) is 17.9 Å². The number of benzene rings is 3. The van der Waals surface area contributed by atoms with Crippen LogP contribution in [0.4, 0.5) is 0 Å². The second kappa shape index (κ2) is 10.5. The third-order valence-electron chi connectivity index (χ3n) is 5.12. The number of carbonyl (C=O) groups excluding carboxylic acids is 2. The minimum atomic E-state index is -0.273. The molecular weight excluding hydrogens is 438 g/mol. The van der Waals surface area contributed by atoms with Gasteiger partial charge < -0.3 is 4.90 Å². The number of nitrogens with one attached hydrogen (secondary N) is 1. The Balaban J connectivity index is 1.38. The number of hydrogen-bond donors (Lipinski definition) is 1. The van der Waals surface area contributed by atoms with Crippen LogP contribution in [0.1, 0.15) is 32.4 Å². The number of thioether (sulfide) groups is 2. The zero-order chi connectivity index (χ0) is 22.3. The molecule has 0 unspecified atom stereocenters. The standard InChI is InChI=1S/C25H23N3O2S2/c1-31-22-13-7-18(8-14-22)15-26-27-24(30)20-9-11-21(12-10-20)25-28(23(29)17-32-25)16-19-5-3-2-4-6-19/h2-15,25H,16-17H2,1H3,(H,27,30)/b26-15-/t25-/m1/s1. The van der Waals surface area contributed by atoms with Crippen molar-refractivity contribution < 1.29 is 9.59 Å². The van der Waals surface area contributed by atoms with E-state index in [1.165, 1.54) is 4.90 Å². The fourth-order valence-corrected chi connectivity index (χ4v) is 5.00. The molecule has 3 aromatic rings. The minimum Gasteiger partial charge on any atom is -0.322 e. The smallest absolute Gasteiger partial charge is 0.271 e. The van der Waals surface area contributed by atoms with Gasteiger partial charge in [0.05, 0.1) is 12.0 Å². The number of nitrogens with zero attached hydrogens (tertiary/aromatic N) is 2. The molecule has 1 atom stereocenters. The first-order valence-corrected chi connectivity index (χ1v) is 12.4. The average Bonchev–Trinajstić information content (AvgIpc) is 3.20. The summed E-state index contributed by atoms with van der Waals surface area (Å²) in [6, 6.07) is 25.3. The second-order valence-corrected chi connectivity index (χ2v) is 9.21. The predicted molar refractivity (Wildman–Crippen MR) is 132 cm³/mol. The van der Waals surface area contributed by atoms with Gasteiger partial charge in [0.25, 0.3) is 5.91 Å². The van der Waals surface area contributed by atoms with Crippen molar-refractivity contribution in [2.24, 2.45) is 5.10 Å². The van der Waals surface area contributed by atoms with Crippen LogP contribution in [-0.2, 0) is 11.3 Å². The quantitative estimate of drug-likeness (QED) is 0.307. The maximum absolute atomic E-state index is 12.4. The van der Waals surface area contributed by atoms with Crippen molar-refractivity contribution in [1.29, 1.82) is 0 Å². The number of hydrazone groups is 1. The van der Waals surface area contributed by atoms with E-state index in [-0.39, 0.29) is 17.2 Å². The monoisotopic (exact) mass is 461 g/mol. The van der Waals surface area contributed by atoms with Gasteiger partial charge in [-0.3, -0.25) is 9.59 Å². The van der Waals surface area contributed by atoms with Crippen LogP contribution >= 0.6 is 23.5 Å². The molecule has 0 aromatic heterocycles. The van der Waals surface area contributed by atoms with E-state index in [9.17, 15) is 9.59 Å². The van der Waals surface area contributed by atoms with Crippen molar-refractivity contribution in [2.45, 2.75) is 16.8 Å². The van der Waals surface area contributed by atoms with Crippen LogP contribution in [0.25, 0.3) is 0 Å². The summed E-state index contributed by atoms with van der Waals surface area (Å²) in [5.41, 5.74) is 6.11. The molecule has 1 N–H and O–H groups in total. The third-order valence-corrected chi connectivity index (χ3v) is 7.12. The van der Waals surface area contributed by atoms with E-state index in [1.807, 2.05) is 77.9 Å². The lowest BCUT2D eigenvalue weighted by atomic mass is 10.1. The second-order valence-electron chi connectivity index (χ2n) is 7.26. The minimum absolute atomic E-state index is 0.0536. The maximum atomic E-state index is 12.4. The first-order chi connectivity index (χ1) is 15.6. The molecule has 1 saturated heterocycles. The van der Waals surface area contributed by atoms with Gasteiger partial charge in [-0.2, -0.15) is 5.10 Å². The molecule has 0 saturated carbocycles. The highest BCUT2D eigenvalue weighted by molar-refractivity contribution is 8.00. The number of carbonyl (C=O) groups is 2. The van der Waals surface area contributed by atoms with Crippen molar-refractivity contribution in [3.05, 3.63) is 101 Å². The highest BCUT2D eigenvalue weighted by Crippen LogP contribution is 2.39. The average molecular weight is 462 g/mol. The Morgan fingerprint density at radius 1 is 1.09 bits per heavy atom. The molecule has 0 aliphatic carbocycles. The molecule has 1 heterocycles. The van der Waals surface area contributed by atoms with Crippen LogP contribution in [0, 0.1) is 0 Å². The van der Waals surface area contributed by atoms with Crippen LogP contribution in [0.5, 0.6) is 0 Å². The molecule has 1 aliphatic heterocycles. The van der Waals surface area contributed by atoms with E-state index >= 15 is 0 Å². The molecule has 0 radical (unpaired) electrons. The van der Waals surface area contributed by atoms with E-state index in [4.69, 9.17) is 0 Å². The van der Waals surface area contributed by atoms with Crippen LogP contribution in [0.2, 0.25) is 0 Å². The Kier molecular flexibility index (Phi) is 7.29. The zero-order valence-corrected chi connectivity index (χ0v) is 19.2. The Morgan fingerprint density at radius 3 is 2.50 bits per heavy atom. The third kappa shape index (κ3) is 5.41. The highest BCUT2D eigenvalue weighted by atomic mass is 32.2. The van der Waals surface area contributed by atoms with Crippen molar-refractivity contribution in [1.82, 2.24) is 10.3 Å². The van der Waals surface area contributed by atoms with Gasteiger partial charge in [-0.15, -0.1) is 23.5 Å². The fourth-order valence-electron chi connectivity index (χ4n) is 3.40. The van der Waals surface area contributed by atoms with E-state index in [0.717, 1.165) is 16.7 Å². The summed E-state index contributed by atoms with van der Waals surface area (Å²) < 4.78 is 0. The Hall–Kier alpha value is -3.03. The van der Waals surface area contributed by atoms with E-state index < -0.39 is 0 Å². The first-order valence-electron chi connectivity index (χ1n) is 10.2. The molecule has 162 valence electrons. The molecule has 2 amide bonds. The van der Waals surface area contributed by atoms with Crippen LogP contribution in [0.3, 0.4) is 0 Å². The highest BCUT2D eigenvalue weighted by Gasteiger charge is 2.32. The Labute approximate surface area is 196 Å². The number of rotatable bonds is 7. The van der Waals surface area contributed by atoms with Crippen LogP contribution in [-0.4, -0.2) is 34.9 Å². The molecule has 4 rings (SSSR count). The molecule has 0 bridgehead atoms. The van der Waals surface area contributed by atoms with Gasteiger partial charge in [-0.25, -0.2) is 5.43 Å². The first kappa shape index (κ1) is 22.2. The van der Waals surface area contributed by atoms with Gasteiger partial charge in [0.2, 0.25) is 5.91 Å². The van der Waals surface area contributed by atoms with Gasteiger partial charge in [-0.05, 0) is 47.2 Å². The van der Waals surface area contributed by atoms with E-state index in [1.54, 1.807) is 41.9 Å². The number of amides is 2. The summed E-state index contributed by atoms with van der Waals surface area (Å²) in [7, 11) is 0. The normalized spacial score (nSPS) is 16.0. The van der Waals surface area contributed by atoms with Gasteiger partial charge in [0.15, 0.2) is 0 Å². The Morgan fingerprint density at radius 2 is 1.81 bits per heavy atom. The van der Waals surface area contributed by atoms with Gasteiger partial charge >= 0.3 is 0 Å². The molecule has 32 heavy (non-hydrogen) atoms. The van der Waals surface area contributed by atoms with Crippen molar-refractivity contribution in [3.63, 3.8) is 0 Å². The van der Waals surface area contributed by atoms with Crippen LogP contribution < -0.4 is 5.43 Å². The lowest BCUT2D eigenvalue weighted by Crippen LogP contribution is -2.27. The largest absolute Gasteiger partial charge is 0.322 e. The molecule has 3 aromatic carbocycles. The van der Waals surface area contributed by atoms with Crippen molar-refractivity contribution >= 4 is 41.6 Å². The van der Waals surface area contributed by atoms with Crippen LogP contribution in [0.15, 0.2) is 88.9 Å². The summed E-state index contributed by atoms with van der Waals surface area (Å²) >= 11 is 3.29. The molecule has 0 spiro atoms. The molecular formula is C25H23N3O2S2. The SMILES string of the molecule is CSc1ccc(/C=N\NC(=O)c2ccc([C@H]3SCC(=O)N3Cc3ccccc3)cc2)cc1. The molecule has 5 nitrogen and oxygen atoms in total. The van der Waals surface area contributed by atoms with Gasteiger partial charge in [0, 0.05) is 17.0 Å². The van der Waals surface area contributed by atoms with Gasteiger partial charge in [-0.1, -0.05) is 54.6 Å². The molecule has 7 heteroatoms. The summed E-state index contributed by atoms with van der Waals surface area (Å²) in [6.07, 6.45) is 3.65. The lowest BCUT2D eigenvalue weighted by Gasteiger charge is -2.24. The zero-order valence-electron chi connectivity index (χ0n) is 17.6. The summed E-state index contributed by atoms with van der Waals surface area (Å²) in [5.74, 6) is 0.322. The topological polar surface area (TPSA) is 61.8 Å². The number of hydrogen-bond acceptors (Lipinski definition) is 5. The predicted octanol–water partition coefficient (Wildman–Crippen LogP) is 4.95. The molecule has 1 aliphatic rings. The van der Waals surface area contributed by atoms with E-state index in [2.05, 4.69) is 10.5 Å². The Bertz CT molecular complexity index is 1100. The molecule has 1 fully saturated rings. The van der Waals surface area contributed by atoms with Crippen molar-refractivity contribution in [2.75, 3.05) is 12.0 Å². The van der Waals surface area contributed by atoms with Gasteiger partial charge in [0.1, 0.15) is 5.37 Å².